The SMILES string of the molecule is CCCCCC(c1ccc(C(=O)NCCC(=O)O)cc1)c1ccc2cc(-c3ccc(F)c(F)c3)ccc2c1. The summed E-state index contributed by atoms with van der Waals surface area (Å²) in [4.78, 5) is 23.0. The van der Waals surface area contributed by atoms with Gasteiger partial charge in [0.25, 0.3) is 5.91 Å². The molecule has 4 aromatic rings. The molecule has 0 aliphatic rings. The van der Waals surface area contributed by atoms with Crippen molar-refractivity contribution in [1.29, 1.82) is 0 Å². The van der Waals surface area contributed by atoms with Gasteiger partial charge in [-0.15, -0.1) is 0 Å². The van der Waals surface area contributed by atoms with E-state index in [9.17, 15) is 18.4 Å². The van der Waals surface area contributed by atoms with Crippen LogP contribution in [0.1, 0.15) is 66.4 Å². The van der Waals surface area contributed by atoms with Gasteiger partial charge < -0.3 is 10.4 Å². The number of carbonyl (C=O) groups excluding carboxylic acids is 1. The normalized spacial score (nSPS) is 11.9. The first kappa shape index (κ1) is 27.0. The maximum atomic E-state index is 13.7. The Kier molecular flexibility index (Phi) is 8.85. The second-order valence-electron chi connectivity index (χ2n) is 9.52. The van der Waals surface area contributed by atoms with Gasteiger partial charge in [0.05, 0.1) is 6.42 Å². The Morgan fingerprint density at radius 2 is 1.45 bits per heavy atom. The smallest absolute Gasteiger partial charge is 0.305 e. The van der Waals surface area contributed by atoms with Crippen LogP contribution in [0.5, 0.6) is 0 Å². The number of fused-ring (bicyclic) bond motifs is 1. The van der Waals surface area contributed by atoms with Crippen molar-refractivity contribution in [2.45, 2.75) is 44.9 Å². The molecule has 0 aliphatic heterocycles. The Morgan fingerprint density at radius 3 is 2.16 bits per heavy atom. The number of hydrogen-bond donors (Lipinski definition) is 2. The lowest BCUT2D eigenvalue weighted by atomic mass is 9.85. The fourth-order valence-electron chi connectivity index (χ4n) is 4.71. The summed E-state index contributed by atoms with van der Waals surface area (Å²) in [6.45, 7) is 2.26. The molecule has 4 rings (SSSR count). The number of carboxylic acids is 1. The number of aliphatic carboxylic acids is 1. The van der Waals surface area contributed by atoms with Crippen LogP contribution in [0.15, 0.2) is 78.9 Å². The summed E-state index contributed by atoms with van der Waals surface area (Å²) < 4.78 is 27.1. The zero-order valence-electron chi connectivity index (χ0n) is 21.3. The van der Waals surface area contributed by atoms with Gasteiger partial charge in [0.2, 0.25) is 0 Å². The molecular weight excluding hydrogens is 484 g/mol. The maximum Gasteiger partial charge on any atom is 0.305 e. The minimum Gasteiger partial charge on any atom is -0.481 e. The lowest BCUT2D eigenvalue weighted by molar-refractivity contribution is -0.136. The molecule has 196 valence electrons. The molecule has 0 heterocycles. The molecule has 4 nitrogen and oxygen atoms in total. The van der Waals surface area contributed by atoms with Crippen LogP contribution >= 0.6 is 0 Å². The average Bonchev–Trinajstić information content (AvgIpc) is 2.92. The van der Waals surface area contributed by atoms with Crippen molar-refractivity contribution in [1.82, 2.24) is 5.32 Å². The molecule has 2 N–H and O–H groups in total. The minimum absolute atomic E-state index is 0.0878. The third-order valence-electron chi connectivity index (χ3n) is 6.82. The Bertz CT molecular complexity index is 1430. The molecule has 0 aliphatic carbocycles. The average molecular weight is 516 g/mol. The minimum atomic E-state index is -0.952. The molecule has 1 unspecified atom stereocenters. The zero-order chi connectivity index (χ0) is 27.1. The first-order valence-electron chi connectivity index (χ1n) is 12.9. The van der Waals surface area contributed by atoms with E-state index < -0.39 is 17.6 Å². The van der Waals surface area contributed by atoms with Crippen LogP contribution in [0.3, 0.4) is 0 Å². The number of hydrogen-bond acceptors (Lipinski definition) is 2. The highest BCUT2D eigenvalue weighted by Gasteiger charge is 2.16. The summed E-state index contributed by atoms with van der Waals surface area (Å²) in [6.07, 6.45) is 4.17. The fourth-order valence-corrected chi connectivity index (χ4v) is 4.71. The van der Waals surface area contributed by atoms with E-state index in [1.807, 2.05) is 30.3 Å². The van der Waals surface area contributed by atoms with Gasteiger partial charge in [-0.05, 0) is 69.8 Å². The molecule has 0 radical (unpaired) electrons. The third-order valence-corrected chi connectivity index (χ3v) is 6.82. The van der Waals surface area contributed by atoms with Crippen LogP contribution in [0, 0.1) is 11.6 Å². The van der Waals surface area contributed by atoms with Crippen LogP contribution in [0.4, 0.5) is 8.78 Å². The maximum absolute atomic E-state index is 13.7. The summed E-state index contributed by atoms with van der Waals surface area (Å²) in [6, 6.07) is 23.7. The number of halogens is 2. The molecule has 0 fully saturated rings. The largest absolute Gasteiger partial charge is 0.481 e. The van der Waals surface area contributed by atoms with Crippen LogP contribution in [0.25, 0.3) is 21.9 Å². The van der Waals surface area contributed by atoms with Crippen molar-refractivity contribution in [2.75, 3.05) is 6.54 Å². The molecule has 0 saturated carbocycles. The van der Waals surface area contributed by atoms with E-state index in [1.54, 1.807) is 18.2 Å². The number of unbranched alkanes of at least 4 members (excludes halogenated alkanes) is 2. The number of carboxylic acid groups (broad SMARTS) is 1. The number of carbonyl (C=O) groups is 2. The topological polar surface area (TPSA) is 66.4 Å². The molecule has 0 bridgehead atoms. The van der Waals surface area contributed by atoms with Gasteiger partial charge in [-0.3, -0.25) is 9.59 Å². The Labute approximate surface area is 221 Å². The molecular formula is C32H31F2NO3. The summed E-state index contributed by atoms with van der Waals surface area (Å²) in [7, 11) is 0. The number of amides is 1. The van der Waals surface area contributed by atoms with Crippen LogP contribution in [0.2, 0.25) is 0 Å². The Hall–Kier alpha value is -4.06. The van der Waals surface area contributed by atoms with Gasteiger partial charge in [0.1, 0.15) is 0 Å². The van der Waals surface area contributed by atoms with Crippen molar-refractivity contribution in [2.24, 2.45) is 0 Å². The van der Waals surface area contributed by atoms with Gasteiger partial charge in [0.15, 0.2) is 11.6 Å². The highest BCUT2D eigenvalue weighted by Crippen LogP contribution is 2.33. The van der Waals surface area contributed by atoms with E-state index in [0.29, 0.717) is 11.1 Å². The van der Waals surface area contributed by atoms with Crippen LogP contribution in [-0.4, -0.2) is 23.5 Å². The second-order valence-corrected chi connectivity index (χ2v) is 9.52. The summed E-state index contributed by atoms with van der Waals surface area (Å²) in [5.41, 5.74) is 4.23. The molecule has 0 spiro atoms. The number of nitrogens with one attached hydrogen (secondary N) is 1. The van der Waals surface area contributed by atoms with Gasteiger partial charge in [-0.2, -0.15) is 0 Å². The molecule has 0 aromatic heterocycles. The molecule has 1 atom stereocenters. The van der Waals surface area contributed by atoms with Gasteiger partial charge in [-0.1, -0.05) is 74.7 Å². The van der Waals surface area contributed by atoms with Crippen molar-refractivity contribution in [3.05, 3.63) is 107 Å². The van der Waals surface area contributed by atoms with Crippen LogP contribution < -0.4 is 5.32 Å². The quantitative estimate of drug-likeness (QED) is 0.201. The monoisotopic (exact) mass is 515 g/mol. The van der Waals surface area contributed by atoms with E-state index >= 15 is 0 Å². The van der Waals surface area contributed by atoms with E-state index in [1.165, 1.54) is 11.6 Å². The zero-order valence-corrected chi connectivity index (χ0v) is 21.3. The summed E-state index contributed by atoms with van der Waals surface area (Å²) >= 11 is 0. The van der Waals surface area contributed by atoms with Gasteiger partial charge in [0, 0.05) is 18.0 Å². The van der Waals surface area contributed by atoms with Gasteiger partial charge in [-0.25, -0.2) is 8.78 Å². The first-order valence-corrected chi connectivity index (χ1v) is 12.9. The third kappa shape index (κ3) is 6.62. The lowest BCUT2D eigenvalue weighted by Crippen LogP contribution is -2.25. The highest BCUT2D eigenvalue weighted by atomic mass is 19.2. The molecule has 38 heavy (non-hydrogen) atoms. The molecule has 1 amide bonds. The van der Waals surface area contributed by atoms with Crippen molar-refractivity contribution >= 4 is 22.6 Å². The van der Waals surface area contributed by atoms with Gasteiger partial charge >= 0.3 is 5.97 Å². The fraction of sp³-hybridized carbons (Fsp3) is 0.250. The second kappa shape index (κ2) is 12.5. The lowest BCUT2D eigenvalue weighted by Gasteiger charge is -2.19. The van der Waals surface area contributed by atoms with Crippen molar-refractivity contribution in [3.63, 3.8) is 0 Å². The molecule has 4 aromatic carbocycles. The number of benzene rings is 4. The first-order chi connectivity index (χ1) is 18.4. The van der Waals surface area contributed by atoms with E-state index in [2.05, 4.69) is 30.4 Å². The molecule has 0 saturated heterocycles. The predicted octanol–water partition coefficient (Wildman–Crippen LogP) is 7.70. The van der Waals surface area contributed by atoms with E-state index in [4.69, 9.17) is 5.11 Å². The molecule has 6 heteroatoms. The highest BCUT2D eigenvalue weighted by molar-refractivity contribution is 5.94. The van der Waals surface area contributed by atoms with Crippen molar-refractivity contribution < 1.29 is 23.5 Å². The Morgan fingerprint density at radius 1 is 0.789 bits per heavy atom. The standard InChI is InChI=1S/C32H31F2NO3/c1-2-3-4-5-28(21-6-8-22(9-7-21)32(38)35-17-16-31(36)37)27-13-12-23-18-24(10-11-25(23)19-27)26-14-15-29(33)30(34)20-26/h6-15,18-20,28H,2-5,16-17H2,1H3,(H,35,38)(H,36,37). The Balaban J connectivity index is 1.58. The predicted molar refractivity (Wildman–Crippen MR) is 146 cm³/mol. The van der Waals surface area contributed by atoms with Crippen LogP contribution in [-0.2, 0) is 4.79 Å². The summed E-state index contributed by atoms with van der Waals surface area (Å²) in [5.74, 6) is -2.81. The van der Waals surface area contributed by atoms with Crippen molar-refractivity contribution in [3.8, 4) is 11.1 Å². The van der Waals surface area contributed by atoms with E-state index in [0.717, 1.165) is 53.6 Å². The number of rotatable bonds is 11. The van der Waals surface area contributed by atoms with E-state index in [-0.39, 0.29) is 24.8 Å². The summed E-state index contributed by atoms with van der Waals surface area (Å²) in [5, 5.41) is 13.5.